The molecule has 18 heavy (non-hydrogen) atoms. The number of hydrogen-bond acceptors (Lipinski definition) is 2. The summed E-state index contributed by atoms with van der Waals surface area (Å²) in [6.45, 7) is 7.97. The van der Waals surface area contributed by atoms with E-state index in [1.165, 1.54) is 45.2 Å². The van der Waals surface area contributed by atoms with Crippen LogP contribution >= 0.6 is 0 Å². The fraction of sp³-hybridized carbons (Fsp3) is 0.875. The molecule has 1 heterocycles. The summed E-state index contributed by atoms with van der Waals surface area (Å²) in [4.78, 5) is 2.39. The summed E-state index contributed by atoms with van der Waals surface area (Å²) in [5, 5.41) is 3.89. The van der Waals surface area contributed by atoms with Crippen molar-refractivity contribution in [1.82, 2.24) is 10.2 Å². The molecule has 3 unspecified atom stereocenters. The second-order valence-corrected chi connectivity index (χ2v) is 6.39. The van der Waals surface area contributed by atoms with Gasteiger partial charge in [0.05, 0.1) is 6.54 Å². The minimum Gasteiger partial charge on any atom is -0.311 e. The second-order valence-electron chi connectivity index (χ2n) is 6.39. The SMILES string of the molecule is C#CCN1CCC(NC2CCC(C)C(C)C2)CC1. The van der Waals surface area contributed by atoms with Gasteiger partial charge in [0.25, 0.3) is 0 Å². The van der Waals surface area contributed by atoms with E-state index in [2.05, 4.69) is 30.0 Å². The summed E-state index contributed by atoms with van der Waals surface area (Å²) in [7, 11) is 0. The third kappa shape index (κ3) is 3.73. The lowest BCUT2D eigenvalue weighted by Crippen LogP contribution is -2.47. The number of hydrogen-bond donors (Lipinski definition) is 1. The Hall–Kier alpha value is -0.520. The van der Waals surface area contributed by atoms with Crippen molar-refractivity contribution in [2.75, 3.05) is 19.6 Å². The fourth-order valence-electron chi connectivity index (χ4n) is 3.42. The molecular weight excluding hydrogens is 220 g/mol. The summed E-state index contributed by atoms with van der Waals surface area (Å²) in [5.41, 5.74) is 0. The Balaban J connectivity index is 1.70. The van der Waals surface area contributed by atoms with Gasteiger partial charge in [0.1, 0.15) is 0 Å². The van der Waals surface area contributed by atoms with Crippen molar-refractivity contribution >= 4 is 0 Å². The molecule has 1 aliphatic heterocycles. The number of nitrogens with one attached hydrogen (secondary N) is 1. The fourth-order valence-corrected chi connectivity index (χ4v) is 3.42. The molecule has 2 aliphatic rings. The van der Waals surface area contributed by atoms with Gasteiger partial charge in [0.15, 0.2) is 0 Å². The van der Waals surface area contributed by atoms with Crippen LogP contribution < -0.4 is 5.32 Å². The van der Waals surface area contributed by atoms with E-state index in [4.69, 9.17) is 6.42 Å². The van der Waals surface area contributed by atoms with Crippen LogP contribution in [-0.2, 0) is 0 Å². The zero-order chi connectivity index (χ0) is 13.0. The molecule has 0 aromatic heterocycles. The lowest BCUT2D eigenvalue weighted by Gasteiger charge is -2.38. The summed E-state index contributed by atoms with van der Waals surface area (Å²) in [6.07, 6.45) is 12.0. The number of nitrogens with zero attached hydrogens (tertiary/aromatic N) is 1. The van der Waals surface area contributed by atoms with Crippen LogP contribution in [0.4, 0.5) is 0 Å². The number of terminal acetylenes is 1. The minimum absolute atomic E-state index is 0.727. The molecule has 0 amide bonds. The normalized spacial score (nSPS) is 35.3. The van der Waals surface area contributed by atoms with Gasteiger partial charge in [-0.25, -0.2) is 0 Å². The van der Waals surface area contributed by atoms with Crippen molar-refractivity contribution in [2.45, 2.75) is 58.0 Å². The van der Waals surface area contributed by atoms with E-state index in [1.807, 2.05) is 0 Å². The van der Waals surface area contributed by atoms with Crippen molar-refractivity contribution in [3.8, 4) is 12.3 Å². The summed E-state index contributed by atoms with van der Waals surface area (Å²) < 4.78 is 0. The molecule has 1 saturated carbocycles. The Morgan fingerprint density at radius 1 is 1.06 bits per heavy atom. The lowest BCUT2D eigenvalue weighted by molar-refractivity contribution is 0.174. The monoisotopic (exact) mass is 248 g/mol. The van der Waals surface area contributed by atoms with E-state index in [1.54, 1.807) is 0 Å². The van der Waals surface area contributed by atoms with Gasteiger partial charge in [-0.1, -0.05) is 19.8 Å². The molecule has 1 N–H and O–H groups in total. The van der Waals surface area contributed by atoms with Crippen LogP contribution in [0.5, 0.6) is 0 Å². The van der Waals surface area contributed by atoms with Crippen molar-refractivity contribution < 1.29 is 0 Å². The molecule has 102 valence electrons. The zero-order valence-electron chi connectivity index (χ0n) is 12.0. The van der Waals surface area contributed by atoms with E-state index in [9.17, 15) is 0 Å². The summed E-state index contributed by atoms with van der Waals surface area (Å²) in [5.74, 6) is 4.55. The van der Waals surface area contributed by atoms with Crippen LogP contribution in [0.3, 0.4) is 0 Å². The smallest absolute Gasteiger partial charge is 0.0598 e. The molecule has 1 aliphatic carbocycles. The average Bonchev–Trinajstić information content (AvgIpc) is 2.37. The van der Waals surface area contributed by atoms with Crippen LogP contribution in [0.25, 0.3) is 0 Å². The third-order valence-corrected chi connectivity index (χ3v) is 4.97. The molecule has 0 radical (unpaired) electrons. The second kappa shape index (κ2) is 6.59. The minimum atomic E-state index is 0.727. The highest BCUT2D eigenvalue weighted by molar-refractivity contribution is 4.91. The number of piperidine rings is 1. The highest BCUT2D eigenvalue weighted by Crippen LogP contribution is 2.30. The topological polar surface area (TPSA) is 15.3 Å². The van der Waals surface area contributed by atoms with Crippen molar-refractivity contribution in [1.29, 1.82) is 0 Å². The predicted octanol–water partition coefficient (Wildman–Crippen LogP) is 2.50. The molecule has 2 fully saturated rings. The van der Waals surface area contributed by atoms with E-state index in [-0.39, 0.29) is 0 Å². The van der Waals surface area contributed by atoms with Crippen molar-refractivity contribution in [2.24, 2.45) is 11.8 Å². The van der Waals surface area contributed by atoms with Gasteiger partial charge in [-0.05, 0) is 43.9 Å². The molecule has 0 aromatic carbocycles. The molecule has 1 saturated heterocycles. The third-order valence-electron chi connectivity index (χ3n) is 4.97. The quantitative estimate of drug-likeness (QED) is 0.772. The Labute approximate surface area is 113 Å². The van der Waals surface area contributed by atoms with Gasteiger partial charge in [0.2, 0.25) is 0 Å². The maximum atomic E-state index is 5.36. The van der Waals surface area contributed by atoms with Gasteiger partial charge >= 0.3 is 0 Å². The first kappa shape index (κ1) is 13.9. The average molecular weight is 248 g/mol. The highest BCUT2D eigenvalue weighted by Gasteiger charge is 2.27. The molecule has 0 spiro atoms. The van der Waals surface area contributed by atoms with Crippen molar-refractivity contribution in [3.63, 3.8) is 0 Å². The number of likely N-dealkylation sites (tertiary alicyclic amines) is 1. The van der Waals surface area contributed by atoms with Gasteiger partial charge in [0, 0.05) is 25.2 Å². The van der Waals surface area contributed by atoms with Crippen LogP contribution in [0.2, 0.25) is 0 Å². The first-order valence-electron chi connectivity index (χ1n) is 7.61. The first-order chi connectivity index (χ1) is 8.69. The standard InChI is InChI=1S/C16H28N2/c1-4-9-18-10-7-15(8-11-18)17-16-6-5-13(2)14(3)12-16/h1,13-17H,5-12H2,2-3H3. The maximum absolute atomic E-state index is 5.36. The Bertz CT molecular complexity index is 286. The molecule has 0 bridgehead atoms. The molecule has 0 aromatic rings. The summed E-state index contributed by atoms with van der Waals surface area (Å²) in [6, 6.07) is 1.49. The Morgan fingerprint density at radius 3 is 2.39 bits per heavy atom. The molecule has 2 heteroatoms. The maximum Gasteiger partial charge on any atom is 0.0598 e. The first-order valence-corrected chi connectivity index (χ1v) is 7.61. The van der Waals surface area contributed by atoms with Gasteiger partial charge in [-0.15, -0.1) is 6.42 Å². The molecule has 3 atom stereocenters. The Morgan fingerprint density at radius 2 is 1.78 bits per heavy atom. The molecule has 2 rings (SSSR count). The van der Waals surface area contributed by atoms with Gasteiger partial charge in [-0.2, -0.15) is 0 Å². The highest BCUT2D eigenvalue weighted by atomic mass is 15.1. The Kier molecular flexibility index (Phi) is 5.09. The van der Waals surface area contributed by atoms with Crippen LogP contribution in [0.15, 0.2) is 0 Å². The molecule has 2 nitrogen and oxygen atoms in total. The summed E-state index contributed by atoms with van der Waals surface area (Å²) >= 11 is 0. The van der Waals surface area contributed by atoms with E-state index >= 15 is 0 Å². The predicted molar refractivity (Wildman–Crippen MR) is 77.4 cm³/mol. The van der Waals surface area contributed by atoms with E-state index < -0.39 is 0 Å². The van der Waals surface area contributed by atoms with E-state index in [0.717, 1.165) is 30.5 Å². The van der Waals surface area contributed by atoms with E-state index in [0.29, 0.717) is 0 Å². The molecular formula is C16H28N2. The van der Waals surface area contributed by atoms with Crippen LogP contribution in [0, 0.1) is 24.2 Å². The van der Waals surface area contributed by atoms with Crippen molar-refractivity contribution in [3.05, 3.63) is 0 Å². The van der Waals surface area contributed by atoms with Gasteiger partial charge < -0.3 is 5.32 Å². The van der Waals surface area contributed by atoms with Gasteiger partial charge in [-0.3, -0.25) is 4.90 Å². The lowest BCUT2D eigenvalue weighted by atomic mass is 9.79. The number of rotatable bonds is 3. The van der Waals surface area contributed by atoms with Crippen LogP contribution in [-0.4, -0.2) is 36.6 Å². The van der Waals surface area contributed by atoms with Crippen LogP contribution in [0.1, 0.15) is 46.0 Å². The largest absolute Gasteiger partial charge is 0.311 e. The zero-order valence-corrected chi connectivity index (χ0v) is 12.0.